The highest BCUT2D eigenvalue weighted by atomic mass is 79.9. The number of nitrogens with zero attached hydrogens (tertiary/aromatic N) is 2. The second-order valence-electron chi connectivity index (χ2n) is 5.11. The highest BCUT2D eigenvalue weighted by Gasteiger charge is 2.30. The first kappa shape index (κ1) is 15.9. The predicted octanol–water partition coefficient (Wildman–Crippen LogP) is 2.30. The van der Waals surface area contributed by atoms with E-state index >= 15 is 0 Å². The standard InChI is InChI=1S/C13H18BrFN2O2S/c1-10(2)16-5-7-17(8-6-16)20(18,19)13-4-3-11(15)9-12(13)14/h3-4,9-10H,5-8H2,1-2H3. The molecule has 1 fully saturated rings. The summed E-state index contributed by atoms with van der Waals surface area (Å²) >= 11 is 3.13. The van der Waals surface area contributed by atoms with Crippen molar-refractivity contribution in [2.45, 2.75) is 24.8 Å². The molecule has 0 radical (unpaired) electrons. The van der Waals surface area contributed by atoms with Crippen molar-refractivity contribution in [3.63, 3.8) is 0 Å². The van der Waals surface area contributed by atoms with Crippen LogP contribution in [-0.4, -0.2) is 49.8 Å². The number of hydrogen-bond acceptors (Lipinski definition) is 3. The van der Waals surface area contributed by atoms with Crippen LogP contribution < -0.4 is 0 Å². The lowest BCUT2D eigenvalue weighted by molar-refractivity contribution is 0.154. The van der Waals surface area contributed by atoms with Gasteiger partial charge >= 0.3 is 0 Å². The van der Waals surface area contributed by atoms with Crippen molar-refractivity contribution < 1.29 is 12.8 Å². The van der Waals surface area contributed by atoms with Crippen molar-refractivity contribution in [3.8, 4) is 0 Å². The summed E-state index contributed by atoms with van der Waals surface area (Å²) in [5.74, 6) is -0.458. The van der Waals surface area contributed by atoms with E-state index in [9.17, 15) is 12.8 Å². The largest absolute Gasteiger partial charge is 0.298 e. The number of halogens is 2. The van der Waals surface area contributed by atoms with E-state index in [2.05, 4.69) is 34.7 Å². The maximum Gasteiger partial charge on any atom is 0.244 e. The predicted molar refractivity (Wildman–Crippen MR) is 79.6 cm³/mol. The van der Waals surface area contributed by atoms with Gasteiger partial charge in [-0.15, -0.1) is 0 Å². The molecule has 7 heteroatoms. The van der Waals surface area contributed by atoms with E-state index in [4.69, 9.17) is 0 Å². The van der Waals surface area contributed by atoms with Gasteiger partial charge in [0.1, 0.15) is 5.82 Å². The third kappa shape index (κ3) is 3.21. The second kappa shape index (κ2) is 6.09. The van der Waals surface area contributed by atoms with E-state index in [1.165, 1.54) is 22.5 Å². The fourth-order valence-electron chi connectivity index (χ4n) is 2.28. The molecule has 20 heavy (non-hydrogen) atoms. The average Bonchev–Trinajstić information content (AvgIpc) is 2.38. The van der Waals surface area contributed by atoms with E-state index in [0.717, 1.165) is 13.1 Å². The molecule has 1 saturated heterocycles. The highest BCUT2D eigenvalue weighted by Crippen LogP contribution is 2.26. The first-order valence-corrected chi connectivity index (χ1v) is 8.75. The normalized spacial score (nSPS) is 18.6. The summed E-state index contributed by atoms with van der Waals surface area (Å²) in [6, 6.07) is 4.07. The maximum absolute atomic E-state index is 13.1. The van der Waals surface area contributed by atoms with Crippen LogP contribution >= 0.6 is 15.9 Å². The van der Waals surface area contributed by atoms with Crippen molar-refractivity contribution in [2.75, 3.05) is 26.2 Å². The van der Waals surface area contributed by atoms with Crippen molar-refractivity contribution in [1.82, 2.24) is 9.21 Å². The molecule has 1 aromatic carbocycles. The van der Waals surface area contributed by atoms with Gasteiger partial charge in [0.25, 0.3) is 0 Å². The number of rotatable bonds is 3. The highest BCUT2D eigenvalue weighted by molar-refractivity contribution is 9.10. The quantitative estimate of drug-likeness (QED) is 0.826. The van der Waals surface area contributed by atoms with E-state index in [-0.39, 0.29) is 9.37 Å². The molecular weight excluding hydrogens is 347 g/mol. The molecule has 0 aliphatic carbocycles. The van der Waals surface area contributed by atoms with Gasteiger partial charge in [0.2, 0.25) is 10.0 Å². The first-order valence-electron chi connectivity index (χ1n) is 6.51. The molecule has 4 nitrogen and oxygen atoms in total. The summed E-state index contributed by atoms with van der Waals surface area (Å²) in [4.78, 5) is 2.36. The Morgan fingerprint density at radius 1 is 1.20 bits per heavy atom. The van der Waals surface area contributed by atoms with E-state index in [0.29, 0.717) is 19.1 Å². The van der Waals surface area contributed by atoms with Crippen molar-refractivity contribution >= 4 is 26.0 Å². The Balaban J connectivity index is 2.20. The zero-order valence-corrected chi connectivity index (χ0v) is 13.9. The minimum Gasteiger partial charge on any atom is -0.298 e. The summed E-state index contributed by atoms with van der Waals surface area (Å²) < 4.78 is 39.9. The van der Waals surface area contributed by atoms with Crippen LogP contribution in [0.3, 0.4) is 0 Å². The zero-order valence-electron chi connectivity index (χ0n) is 11.5. The molecule has 1 aromatic rings. The molecule has 1 aliphatic rings. The fraction of sp³-hybridized carbons (Fsp3) is 0.538. The second-order valence-corrected chi connectivity index (χ2v) is 7.87. The lowest BCUT2D eigenvalue weighted by Gasteiger charge is -2.36. The molecule has 0 unspecified atom stereocenters. The zero-order chi connectivity index (χ0) is 14.9. The van der Waals surface area contributed by atoms with Crippen molar-refractivity contribution in [1.29, 1.82) is 0 Å². The van der Waals surface area contributed by atoms with Crippen LogP contribution in [0, 0.1) is 5.82 Å². The van der Waals surface area contributed by atoms with Crippen LogP contribution in [0.5, 0.6) is 0 Å². The van der Waals surface area contributed by atoms with Gasteiger partial charge in [-0.1, -0.05) is 0 Å². The minimum absolute atomic E-state index is 0.122. The molecule has 1 heterocycles. The molecule has 0 N–H and O–H groups in total. The van der Waals surface area contributed by atoms with Gasteiger partial charge in [0.15, 0.2) is 0 Å². The Labute approximate surface area is 127 Å². The maximum atomic E-state index is 13.1. The van der Waals surface area contributed by atoms with Crippen molar-refractivity contribution in [3.05, 3.63) is 28.5 Å². The van der Waals surface area contributed by atoms with Crippen LogP contribution in [0.2, 0.25) is 0 Å². The van der Waals surface area contributed by atoms with Gasteiger partial charge in [-0.2, -0.15) is 4.31 Å². The van der Waals surface area contributed by atoms with E-state index < -0.39 is 15.8 Å². The summed E-state index contributed by atoms with van der Waals surface area (Å²) in [5.41, 5.74) is 0. The molecular formula is C13H18BrFN2O2S. The molecule has 0 saturated carbocycles. The molecule has 0 amide bonds. The Bertz CT molecular complexity index is 584. The van der Waals surface area contributed by atoms with Crippen LogP contribution in [0.25, 0.3) is 0 Å². The Kier molecular flexibility index (Phi) is 4.84. The van der Waals surface area contributed by atoms with Gasteiger partial charge in [-0.05, 0) is 48.0 Å². The molecule has 0 atom stereocenters. The van der Waals surface area contributed by atoms with Gasteiger partial charge < -0.3 is 0 Å². The monoisotopic (exact) mass is 364 g/mol. The molecule has 0 bridgehead atoms. The van der Waals surface area contributed by atoms with Crippen LogP contribution in [0.1, 0.15) is 13.8 Å². The number of sulfonamides is 1. The van der Waals surface area contributed by atoms with Crippen LogP contribution in [-0.2, 0) is 10.0 Å². The Hall–Kier alpha value is -0.500. The third-order valence-electron chi connectivity index (χ3n) is 3.52. The summed E-state index contributed by atoms with van der Waals surface area (Å²) in [5, 5.41) is 0. The van der Waals surface area contributed by atoms with Gasteiger partial charge in [-0.3, -0.25) is 4.90 Å². The van der Waals surface area contributed by atoms with Gasteiger partial charge in [0.05, 0.1) is 4.90 Å². The Morgan fingerprint density at radius 2 is 1.80 bits per heavy atom. The SMILES string of the molecule is CC(C)N1CCN(S(=O)(=O)c2ccc(F)cc2Br)CC1. The van der Waals surface area contributed by atoms with Gasteiger partial charge in [0, 0.05) is 36.7 Å². The fourth-order valence-corrected chi connectivity index (χ4v) is 4.72. The number of benzene rings is 1. The first-order chi connectivity index (χ1) is 9.32. The van der Waals surface area contributed by atoms with E-state index in [1.807, 2.05) is 0 Å². The van der Waals surface area contributed by atoms with Gasteiger partial charge in [-0.25, -0.2) is 12.8 Å². The summed E-state index contributed by atoms with van der Waals surface area (Å²) in [7, 11) is -3.57. The number of piperazine rings is 1. The van der Waals surface area contributed by atoms with E-state index in [1.54, 1.807) is 0 Å². The summed E-state index contributed by atoms with van der Waals surface area (Å²) in [6.45, 7) is 6.56. The lowest BCUT2D eigenvalue weighted by Crippen LogP contribution is -2.50. The summed E-state index contributed by atoms with van der Waals surface area (Å²) in [6.07, 6.45) is 0. The molecule has 0 aromatic heterocycles. The minimum atomic E-state index is -3.57. The molecule has 1 aliphatic heterocycles. The molecule has 2 rings (SSSR count). The van der Waals surface area contributed by atoms with Crippen LogP contribution in [0.15, 0.2) is 27.6 Å². The lowest BCUT2D eigenvalue weighted by atomic mass is 10.3. The molecule has 112 valence electrons. The third-order valence-corrected chi connectivity index (χ3v) is 6.39. The Morgan fingerprint density at radius 3 is 2.30 bits per heavy atom. The topological polar surface area (TPSA) is 40.6 Å². The number of hydrogen-bond donors (Lipinski definition) is 0. The molecule has 0 spiro atoms. The smallest absolute Gasteiger partial charge is 0.244 e. The van der Waals surface area contributed by atoms with Crippen LogP contribution in [0.4, 0.5) is 4.39 Å². The average molecular weight is 365 g/mol. The van der Waals surface area contributed by atoms with Crippen molar-refractivity contribution in [2.24, 2.45) is 0 Å².